The lowest BCUT2D eigenvalue weighted by Crippen LogP contribution is -2.40. The van der Waals surface area contributed by atoms with Gasteiger partial charge in [-0.3, -0.25) is 14.9 Å². The Hall–Kier alpha value is -3.26. The lowest BCUT2D eigenvalue weighted by Gasteiger charge is -2.31. The van der Waals surface area contributed by atoms with Crippen LogP contribution >= 0.6 is 0 Å². The summed E-state index contributed by atoms with van der Waals surface area (Å²) in [6.45, 7) is 3.66. The summed E-state index contributed by atoms with van der Waals surface area (Å²) in [5.74, 6) is -0.523. The highest BCUT2D eigenvalue weighted by atomic mass is 19.1. The van der Waals surface area contributed by atoms with Gasteiger partial charge < -0.3 is 15.0 Å². The number of nitrogens with zero attached hydrogens (tertiary/aromatic N) is 2. The molecule has 1 fully saturated rings. The van der Waals surface area contributed by atoms with E-state index < -0.39 is 11.7 Å². The first kappa shape index (κ1) is 22.9. The van der Waals surface area contributed by atoms with Gasteiger partial charge in [-0.05, 0) is 61.6 Å². The topological polar surface area (TPSA) is 96.3 Å². The van der Waals surface area contributed by atoms with Gasteiger partial charge in [0.05, 0.1) is 17.6 Å². The second-order valence-electron chi connectivity index (χ2n) is 8.92. The Morgan fingerprint density at radius 2 is 1.91 bits per heavy atom. The SMILES string of the molecule is CC(C)C(=O)NC1CCC(n2c(NC(=O)c3cccc(F)c3)nc3ccc(CO)cc32)CC1. The number of aliphatic hydroxyl groups is 1. The molecule has 7 nitrogen and oxygen atoms in total. The summed E-state index contributed by atoms with van der Waals surface area (Å²) in [7, 11) is 0. The fourth-order valence-electron chi connectivity index (χ4n) is 4.34. The van der Waals surface area contributed by atoms with E-state index in [-0.39, 0.29) is 36.1 Å². The minimum atomic E-state index is -0.481. The number of fused-ring (bicyclic) bond motifs is 1. The smallest absolute Gasteiger partial charge is 0.258 e. The fourth-order valence-corrected chi connectivity index (χ4v) is 4.34. The number of hydrogen-bond acceptors (Lipinski definition) is 4. The van der Waals surface area contributed by atoms with E-state index in [1.54, 1.807) is 12.1 Å². The van der Waals surface area contributed by atoms with Gasteiger partial charge in [-0.25, -0.2) is 9.37 Å². The largest absolute Gasteiger partial charge is 0.392 e. The second kappa shape index (κ2) is 9.70. The number of amides is 2. The third-order valence-corrected chi connectivity index (χ3v) is 6.18. The highest BCUT2D eigenvalue weighted by Crippen LogP contribution is 2.35. The van der Waals surface area contributed by atoms with E-state index in [0.29, 0.717) is 11.5 Å². The van der Waals surface area contributed by atoms with Crippen LogP contribution in [-0.4, -0.2) is 32.5 Å². The van der Waals surface area contributed by atoms with E-state index in [2.05, 4.69) is 15.6 Å². The van der Waals surface area contributed by atoms with Gasteiger partial charge in [0.15, 0.2) is 0 Å². The van der Waals surface area contributed by atoms with Crippen LogP contribution in [-0.2, 0) is 11.4 Å². The van der Waals surface area contributed by atoms with Crippen LogP contribution in [0.15, 0.2) is 42.5 Å². The number of imidazole rings is 1. The van der Waals surface area contributed by atoms with Crippen molar-refractivity contribution < 1.29 is 19.1 Å². The minimum absolute atomic E-state index is 0.0538. The maximum Gasteiger partial charge on any atom is 0.258 e. The lowest BCUT2D eigenvalue weighted by molar-refractivity contribution is -0.125. The van der Waals surface area contributed by atoms with Crippen LogP contribution in [0.2, 0.25) is 0 Å². The molecule has 0 radical (unpaired) electrons. The van der Waals surface area contributed by atoms with Crippen molar-refractivity contribution in [2.24, 2.45) is 5.92 Å². The van der Waals surface area contributed by atoms with Crippen molar-refractivity contribution in [3.8, 4) is 0 Å². The molecule has 2 amide bonds. The van der Waals surface area contributed by atoms with Gasteiger partial charge >= 0.3 is 0 Å². The zero-order valence-electron chi connectivity index (χ0n) is 18.8. The van der Waals surface area contributed by atoms with Crippen LogP contribution in [0.1, 0.15) is 61.5 Å². The predicted octanol–water partition coefficient (Wildman–Crippen LogP) is 4.18. The van der Waals surface area contributed by atoms with Gasteiger partial charge in [0.2, 0.25) is 11.9 Å². The Morgan fingerprint density at radius 3 is 2.58 bits per heavy atom. The molecule has 1 aliphatic carbocycles. The zero-order valence-corrected chi connectivity index (χ0v) is 18.8. The van der Waals surface area contributed by atoms with Gasteiger partial charge in [-0.1, -0.05) is 26.0 Å². The highest BCUT2D eigenvalue weighted by Gasteiger charge is 2.28. The second-order valence-corrected chi connectivity index (χ2v) is 8.92. The van der Waals surface area contributed by atoms with Crippen molar-refractivity contribution in [2.75, 3.05) is 5.32 Å². The van der Waals surface area contributed by atoms with Crippen LogP contribution in [0.25, 0.3) is 11.0 Å². The third kappa shape index (κ3) is 5.06. The van der Waals surface area contributed by atoms with Crippen LogP contribution < -0.4 is 10.6 Å². The number of benzene rings is 2. The molecule has 0 aliphatic heterocycles. The Balaban J connectivity index is 1.62. The summed E-state index contributed by atoms with van der Waals surface area (Å²) in [5.41, 5.74) is 2.50. The number of rotatable bonds is 6. The van der Waals surface area contributed by atoms with Crippen molar-refractivity contribution in [3.05, 3.63) is 59.4 Å². The number of carbonyl (C=O) groups is 2. The first-order chi connectivity index (χ1) is 15.9. The van der Waals surface area contributed by atoms with Crippen LogP contribution in [0, 0.1) is 11.7 Å². The minimum Gasteiger partial charge on any atom is -0.392 e. The van der Waals surface area contributed by atoms with Crippen molar-refractivity contribution in [1.82, 2.24) is 14.9 Å². The first-order valence-corrected chi connectivity index (χ1v) is 11.3. The van der Waals surface area contributed by atoms with Crippen molar-refractivity contribution in [2.45, 2.75) is 58.2 Å². The van der Waals surface area contributed by atoms with Crippen LogP contribution in [0.5, 0.6) is 0 Å². The first-order valence-electron chi connectivity index (χ1n) is 11.3. The molecule has 4 rings (SSSR count). The monoisotopic (exact) mass is 452 g/mol. The molecule has 3 aromatic rings. The Labute approximate surface area is 192 Å². The quantitative estimate of drug-likeness (QED) is 0.523. The molecule has 0 atom stereocenters. The van der Waals surface area contributed by atoms with Gasteiger partial charge in [0, 0.05) is 23.6 Å². The molecule has 174 valence electrons. The van der Waals surface area contributed by atoms with E-state index >= 15 is 0 Å². The van der Waals surface area contributed by atoms with Crippen molar-refractivity contribution in [1.29, 1.82) is 0 Å². The van der Waals surface area contributed by atoms with Gasteiger partial charge in [-0.15, -0.1) is 0 Å². The number of nitrogens with one attached hydrogen (secondary N) is 2. The normalized spacial score (nSPS) is 18.5. The Bertz CT molecular complexity index is 1170. The molecule has 0 spiro atoms. The molecule has 1 heterocycles. The average Bonchev–Trinajstić information content (AvgIpc) is 3.16. The van der Waals surface area contributed by atoms with Crippen LogP contribution in [0.4, 0.5) is 10.3 Å². The van der Waals surface area contributed by atoms with E-state index in [4.69, 9.17) is 0 Å². The van der Waals surface area contributed by atoms with E-state index in [0.717, 1.165) is 36.8 Å². The lowest BCUT2D eigenvalue weighted by atomic mass is 9.90. The number of carbonyl (C=O) groups excluding carboxylic acids is 2. The molecule has 8 heteroatoms. The zero-order chi connectivity index (χ0) is 23.5. The molecule has 1 saturated carbocycles. The molecule has 2 aromatic carbocycles. The van der Waals surface area contributed by atoms with Gasteiger partial charge in [0.25, 0.3) is 5.91 Å². The average molecular weight is 453 g/mol. The number of hydrogen-bond donors (Lipinski definition) is 3. The number of anilines is 1. The maximum absolute atomic E-state index is 13.6. The van der Waals surface area contributed by atoms with E-state index in [1.165, 1.54) is 18.2 Å². The summed E-state index contributed by atoms with van der Waals surface area (Å²) in [6, 6.07) is 11.2. The number of aromatic nitrogens is 2. The van der Waals surface area contributed by atoms with E-state index in [9.17, 15) is 19.1 Å². The fraction of sp³-hybridized carbons (Fsp3) is 0.400. The molecule has 1 aliphatic rings. The van der Waals surface area contributed by atoms with Crippen molar-refractivity contribution >= 4 is 28.8 Å². The summed E-state index contributed by atoms with van der Waals surface area (Å²) in [5, 5.41) is 15.6. The summed E-state index contributed by atoms with van der Waals surface area (Å²) >= 11 is 0. The molecule has 0 unspecified atom stereocenters. The molecule has 0 bridgehead atoms. The standard InChI is InChI=1S/C25H29FN4O3/c1-15(2)23(32)27-19-7-9-20(10-8-19)30-22-12-16(14-31)6-11-21(22)28-25(30)29-24(33)17-4-3-5-18(26)13-17/h3-6,11-13,15,19-20,31H,7-10,14H2,1-2H3,(H,27,32)(H,28,29,33). The molecular formula is C25H29FN4O3. The molecule has 0 saturated heterocycles. The molecular weight excluding hydrogens is 423 g/mol. The Morgan fingerprint density at radius 1 is 1.15 bits per heavy atom. The van der Waals surface area contributed by atoms with Gasteiger partial charge in [-0.2, -0.15) is 0 Å². The molecule has 3 N–H and O–H groups in total. The Kier molecular flexibility index (Phi) is 6.74. The summed E-state index contributed by atoms with van der Waals surface area (Å²) in [4.78, 5) is 29.5. The third-order valence-electron chi connectivity index (χ3n) is 6.18. The summed E-state index contributed by atoms with van der Waals surface area (Å²) in [6.07, 6.45) is 3.25. The highest BCUT2D eigenvalue weighted by molar-refractivity contribution is 6.04. The molecule has 1 aromatic heterocycles. The number of halogens is 1. The van der Waals surface area contributed by atoms with Crippen LogP contribution in [0.3, 0.4) is 0 Å². The van der Waals surface area contributed by atoms with Crippen molar-refractivity contribution in [3.63, 3.8) is 0 Å². The maximum atomic E-state index is 13.6. The predicted molar refractivity (Wildman–Crippen MR) is 124 cm³/mol. The van der Waals surface area contributed by atoms with Gasteiger partial charge in [0.1, 0.15) is 5.82 Å². The van der Waals surface area contributed by atoms with E-state index in [1.807, 2.05) is 30.5 Å². The number of aliphatic hydroxyl groups excluding tert-OH is 1. The molecule has 33 heavy (non-hydrogen) atoms. The summed E-state index contributed by atoms with van der Waals surface area (Å²) < 4.78 is 15.6.